The molecular weight excluding hydrogens is 220 g/mol. The molecule has 1 saturated carbocycles. The van der Waals surface area contributed by atoms with Crippen molar-refractivity contribution in [3.63, 3.8) is 0 Å². The van der Waals surface area contributed by atoms with E-state index in [2.05, 4.69) is 35.8 Å². The average Bonchev–Trinajstić information content (AvgIpc) is 2.45. The molecule has 0 amide bonds. The number of hydrogen-bond donors (Lipinski definition) is 2. The third kappa shape index (κ3) is 4.43. The van der Waals surface area contributed by atoms with E-state index in [0.29, 0.717) is 6.04 Å². The van der Waals surface area contributed by atoms with Gasteiger partial charge in [-0.1, -0.05) is 62.4 Å². The molecule has 1 atom stereocenters. The van der Waals surface area contributed by atoms with Gasteiger partial charge < -0.3 is 0 Å². The molecule has 2 nitrogen and oxygen atoms in total. The Labute approximate surface area is 111 Å². The van der Waals surface area contributed by atoms with Gasteiger partial charge in [-0.05, 0) is 30.7 Å². The van der Waals surface area contributed by atoms with Crippen LogP contribution in [0.5, 0.6) is 0 Å². The monoisotopic (exact) mass is 246 g/mol. The smallest absolute Gasteiger partial charge is 0.0251 e. The summed E-state index contributed by atoms with van der Waals surface area (Å²) in [6, 6.07) is 11.1. The molecule has 2 rings (SSSR count). The molecule has 18 heavy (non-hydrogen) atoms. The molecule has 2 heteroatoms. The van der Waals surface area contributed by atoms with Gasteiger partial charge in [-0.25, -0.2) is 0 Å². The molecular formula is C16H26N2. The molecule has 1 aromatic carbocycles. The molecule has 0 heterocycles. The fourth-order valence-electron chi connectivity index (χ4n) is 3.06. The summed E-state index contributed by atoms with van der Waals surface area (Å²) in [7, 11) is 0. The number of benzene rings is 1. The Kier molecular flexibility index (Phi) is 5.69. The van der Waals surface area contributed by atoms with Crippen LogP contribution in [0.4, 0.5) is 0 Å². The van der Waals surface area contributed by atoms with Gasteiger partial charge in [-0.2, -0.15) is 0 Å². The van der Waals surface area contributed by atoms with Crippen LogP contribution in [0.2, 0.25) is 0 Å². The van der Waals surface area contributed by atoms with E-state index in [1.165, 1.54) is 50.5 Å². The van der Waals surface area contributed by atoms with E-state index >= 15 is 0 Å². The molecule has 0 aromatic heterocycles. The summed E-state index contributed by atoms with van der Waals surface area (Å²) >= 11 is 0. The van der Waals surface area contributed by atoms with E-state index in [1.807, 2.05) is 0 Å². The lowest BCUT2D eigenvalue weighted by atomic mass is 9.84. The molecule has 1 fully saturated rings. The topological polar surface area (TPSA) is 38.0 Å². The molecule has 0 bridgehead atoms. The minimum atomic E-state index is 0.425. The van der Waals surface area contributed by atoms with Crippen LogP contribution in [0.25, 0.3) is 0 Å². The van der Waals surface area contributed by atoms with Gasteiger partial charge in [0.05, 0.1) is 0 Å². The number of nitrogens with two attached hydrogens (primary N) is 1. The summed E-state index contributed by atoms with van der Waals surface area (Å²) in [5.74, 6) is 6.64. The van der Waals surface area contributed by atoms with Crippen molar-refractivity contribution < 1.29 is 0 Å². The van der Waals surface area contributed by atoms with Crippen molar-refractivity contribution in [1.29, 1.82) is 0 Å². The van der Waals surface area contributed by atoms with Crippen molar-refractivity contribution in [2.45, 2.75) is 57.4 Å². The second kappa shape index (κ2) is 7.55. The Hall–Kier alpha value is -0.860. The first-order valence-corrected chi connectivity index (χ1v) is 7.38. The van der Waals surface area contributed by atoms with Crippen LogP contribution < -0.4 is 11.3 Å². The van der Waals surface area contributed by atoms with Crippen LogP contribution >= 0.6 is 0 Å². The Bertz CT molecular complexity index is 317. The van der Waals surface area contributed by atoms with Crippen molar-refractivity contribution in [3.8, 4) is 0 Å². The second-order valence-electron chi connectivity index (χ2n) is 5.63. The Morgan fingerprint density at radius 3 is 2.50 bits per heavy atom. The first-order chi connectivity index (χ1) is 8.88. The van der Waals surface area contributed by atoms with Crippen LogP contribution in [-0.4, -0.2) is 6.04 Å². The average molecular weight is 246 g/mol. The lowest BCUT2D eigenvalue weighted by Crippen LogP contribution is -2.37. The van der Waals surface area contributed by atoms with Gasteiger partial charge in [0.1, 0.15) is 0 Å². The van der Waals surface area contributed by atoms with Crippen LogP contribution in [0, 0.1) is 5.92 Å². The highest BCUT2D eigenvalue weighted by molar-refractivity contribution is 5.15. The number of nitrogens with one attached hydrogen (secondary N) is 1. The SMILES string of the molecule is NNC(CCC1CCCCC1)Cc1ccccc1. The van der Waals surface area contributed by atoms with E-state index in [4.69, 9.17) is 5.84 Å². The molecule has 100 valence electrons. The van der Waals surface area contributed by atoms with Crippen molar-refractivity contribution in [1.82, 2.24) is 5.43 Å². The van der Waals surface area contributed by atoms with Crippen LogP contribution in [0.15, 0.2) is 30.3 Å². The predicted octanol–water partition coefficient (Wildman–Crippen LogP) is 3.42. The third-order valence-electron chi connectivity index (χ3n) is 4.21. The molecule has 0 aliphatic heterocycles. The highest BCUT2D eigenvalue weighted by Gasteiger charge is 2.15. The van der Waals surface area contributed by atoms with E-state index in [0.717, 1.165) is 12.3 Å². The molecule has 1 aliphatic rings. The van der Waals surface area contributed by atoms with Gasteiger partial charge in [0.2, 0.25) is 0 Å². The van der Waals surface area contributed by atoms with Gasteiger partial charge >= 0.3 is 0 Å². The van der Waals surface area contributed by atoms with Crippen molar-refractivity contribution in [2.75, 3.05) is 0 Å². The number of rotatable bonds is 6. The summed E-state index contributed by atoms with van der Waals surface area (Å²) in [6.45, 7) is 0. The summed E-state index contributed by atoms with van der Waals surface area (Å²) in [5.41, 5.74) is 4.37. The highest BCUT2D eigenvalue weighted by atomic mass is 15.2. The van der Waals surface area contributed by atoms with Crippen molar-refractivity contribution >= 4 is 0 Å². The predicted molar refractivity (Wildman–Crippen MR) is 77.1 cm³/mol. The molecule has 1 aliphatic carbocycles. The van der Waals surface area contributed by atoms with Gasteiger partial charge in [-0.3, -0.25) is 11.3 Å². The van der Waals surface area contributed by atoms with Crippen LogP contribution in [0.3, 0.4) is 0 Å². The minimum Gasteiger partial charge on any atom is -0.271 e. The van der Waals surface area contributed by atoms with E-state index in [9.17, 15) is 0 Å². The maximum Gasteiger partial charge on any atom is 0.0251 e. The second-order valence-corrected chi connectivity index (χ2v) is 5.63. The van der Waals surface area contributed by atoms with E-state index in [1.54, 1.807) is 0 Å². The molecule has 1 aromatic rings. The summed E-state index contributed by atoms with van der Waals surface area (Å²) < 4.78 is 0. The standard InChI is InChI=1S/C16H26N2/c17-18-16(13-15-9-5-2-6-10-15)12-11-14-7-3-1-4-8-14/h2,5-6,9-10,14,16,18H,1,3-4,7-8,11-13,17H2. The molecule has 0 radical (unpaired) electrons. The first-order valence-electron chi connectivity index (χ1n) is 7.38. The van der Waals surface area contributed by atoms with Crippen LogP contribution in [0.1, 0.15) is 50.5 Å². The van der Waals surface area contributed by atoms with Gasteiger partial charge in [0.25, 0.3) is 0 Å². The zero-order valence-electron chi connectivity index (χ0n) is 11.3. The zero-order chi connectivity index (χ0) is 12.6. The minimum absolute atomic E-state index is 0.425. The number of hydrogen-bond acceptors (Lipinski definition) is 2. The number of hydrazine groups is 1. The first kappa shape index (κ1) is 13.6. The fraction of sp³-hybridized carbons (Fsp3) is 0.625. The Morgan fingerprint density at radius 2 is 1.83 bits per heavy atom. The highest BCUT2D eigenvalue weighted by Crippen LogP contribution is 2.27. The largest absolute Gasteiger partial charge is 0.271 e. The summed E-state index contributed by atoms with van der Waals surface area (Å²) in [5, 5.41) is 0. The fourth-order valence-corrected chi connectivity index (χ4v) is 3.06. The molecule has 0 spiro atoms. The maximum atomic E-state index is 5.69. The lowest BCUT2D eigenvalue weighted by molar-refractivity contribution is 0.313. The van der Waals surface area contributed by atoms with E-state index < -0.39 is 0 Å². The van der Waals surface area contributed by atoms with Crippen molar-refractivity contribution in [2.24, 2.45) is 11.8 Å². The Balaban J connectivity index is 1.75. The quantitative estimate of drug-likeness (QED) is 0.596. The van der Waals surface area contributed by atoms with Gasteiger partial charge in [-0.15, -0.1) is 0 Å². The third-order valence-corrected chi connectivity index (χ3v) is 4.21. The zero-order valence-corrected chi connectivity index (χ0v) is 11.3. The molecule has 3 N–H and O–H groups in total. The van der Waals surface area contributed by atoms with E-state index in [-0.39, 0.29) is 0 Å². The van der Waals surface area contributed by atoms with Gasteiger partial charge in [0.15, 0.2) is 0 Å². The summed E-state index contributed by atoms with van der Waals surface area (Å²) in [4.78, 5) is 0. The normalized spacial score (nSPS) is 18.7. The molecule has 0 saturated heterocycles. The molecule has 1 unspecified atom stereocenters. The Morgan fingerprint density at radius 1 is 1.11 bits per heavy atom. The van der Waals surface area contributed by atoms with Crippen molar-refractivity contribution in [3.05, 3.63) is 35.9 Å². The van der Waals surface area contributed by atoms with Crippen LogP contribution in [-0.2, 0) is 6.42 Å². The lowest BCUT2D eigenvalue weighted by Gasteiger charge is -2.24. The van der Waals surface area contributed by atoms with Gasteiger partial charge in [0, 0.05) is 6.04 Å². The maximum absolute atomic E-state index is 5.69. The summed E-state index contributed by atoms with van der Waals surface area (Å²) in [6.07, 6.45) is 10.8.